The molecule has 0 unspecified atom stereocenters. The van der Waals surface area contributed by atoms with Gasteiger partial charge in [0.15, 0.2) is 5.17 Å². The highest BCUT2D eigenvalue weighted by Crippen LogP contribution is 2.23. The highest BCUT2D eigenvalue weighted by atomic mass is 32.2. The Morgan fingerprint density at radius 3 is 2.72 bits per heavy atom. The summed E-state index contributed by atoms with van der Waals surface area (Å²) in [6.45, 7) is -5.35. The van der Waals surface area contributed by atoms with Gasteiger partial charge in [0.1, 0.15) is 5.82 Å². The van der Waals surface area contributed by atoms with Gasteiger partial charge in [-0.15, -0.1) is 5.10 Å². The number of nitrogens with zero attached hydrogens (tertiary/aromatic N) is 2. The van der Waals surface area contributed by atoms with Gasteiger partial charge in [-0.1, -0.05) is 11.5 Å². The summed E-state index contributed by atoms with van der Waals surface area (Å²) in [5.74, 6) is -2.24. The minimum absolute atomic E-state index is 0.00845. The van der Waals surface area contributed by atoms with Crippen molar-refractivity contribution in [3.05, 3.63) is 40.6 Å². The summed E-state index contributed by atoms with van der Waals surface area (Å²) in [5.41, 5.74) is -1.50. The summed E-state index contributed by atoms with van der Waals surface area (Å²) in [6, 6.07) is 2.00. The second-order valence-electron chi connectivity index (χ2n) is 4.59. The van der Waals surface area contributed by atoms with Crippen LogP contribution in [0.3, 0.4) is 0 Å². The second-order valence-corrected chi connectivity index (χ2v) is 5.62. The molecule has 1 aliphatic rings. The number of esters is 1. The summed E-state index contributed by atoms with van der Waals surface area (Å²) in [4.78, 5) is 22.6. The van der Waals surface area contributed by atoms with Gasteiger partial charge >= 0.3 is 12.9 Å². The number of benzene rings is 1. The molecule has 0 aliphatic carbocycles. The van der Waals surface area contributed by atoms with Gasteiger partial charge in [-0.3, -0.25) is 10.1 Å². The molecule has 1 N–H and O–H groups in total. The molecule has 1 aromatic carbocycles. The Kier molecular flexibility index (Phi) is 5.62. The number of methoxy groups -OCH3 is 1. The van der Waals surface area contributed by atoms with Gasteiger partial charge in [0.25, 0.3) is 5.91 Å². The van der Waals surface area contributed by atoms with Crippen molar-refractivity contribution in [2.75, 3.05) is 7.11 Å². The molecular formula is C13H9BF4N3O3S-. The normalized spacial score (nSPS) is 18.2. The first-order chi connectivity index (χ1) is 11.7. The first-order valence-corrected chi connectivity index (χ1v) is 7.41. The van der Waals surface area contributed by atoms with Gasteiger partial charge in [0.05, 0.1) is 18.2 Å². The third-order valence-corrected chi connectivity index (χ3v) is 3.75. The number of rotatable bonds is 4. The number of ether oxygens (including phenoxy) is 1. The Balaban J connectivity index is 2.20. The maximum atomic E-state index is 13.2. The van der Waals surface area contributed by atoms with Gasteiger partial charge in [-0.05, 0) is 29.5 Å². The molecular weight excluding hydrogens is 365 g/mol. The topological polar surface area (TPSA) is 80.1 Å². The number of amides is 1. The van der Waals surface area contributed by atoms with E-state index in [4.69, 9.17) is 0 Å². The van der Waals surface area contributed by atoms with Gasteiger partial charge in [0.2, 0.25) is 0 Å². The molecule has 0 atom stereocenters. The predicted molar refractivity (Wildman–Crippen MR) is 86.0 cm³/mol. The molecule has 132 valence electrons. The molecule has 0 radical (unpaired) electrons. The van der Waals surface area contributed by atoms with Crippen LogP contribution >= 0.6 is 11.8 Å². The van der Waals surface area contributed by atoms with E-state index in [1.807, 2.05) is 0 Å². The van der Waals surface area contributed by atoms with Crippen LogP contribution in [0.1, 0.15) is 5.56 Å². The van der Waals surface area contributed by atoms with Crippen LogP contribution in [-0.4, -0.2) is 37.3 Å². The molecule has 12 heteroatoms. The lowest BCUT2D eigenvalue weighted by Crippen LogP contribution is -2.37. The monoisotopic (exact) mass is 374 g/mol. The Labute approximate surface area is 143 Å². The number of nitrogens with one attached hydrogen (secondary N) is 1. The predicted octanol–water partition coefficient (Wildman–Crippen LogP) is 1.49. The number of carbonyl (C=O) groups is 2. The molecule has 1 amide bonds. The van der Waals surface area contributed by atoms with Gasteiger partial charge in [-0.2, -0.15) is 5.10 Å². The van der Waals surface area contributed by atoms with Crippen molar-refractivity contribution >= 4 is 47.5 Å². The van der Waals surface area contributed by atoms with Gasteiger partial charge < -0.3 is 17.7 Å². The highest BCUT2D eigenvalue weighted by molar-refractivity contribution is 8.18. The van der Waals surface area contributed by atoms with Crippen LogP contribution in [0.5, 0.6) is 0 Å². The number of carbonyl (C=O) groups excluding carboxylic acids is 2. The third-order valence-electron chi connectivity index (χ3n) is 2.85. The van der Waals surface area contributed by atoms with E-state index in [9.17, 15) is 26.9 Å². The van der Waals surface area contributed by atoms with E-state index in [1.165, 1.54) is 0 Å². The third kappa shape index (κ3) is 4.92. The van der Waals surface area contributed by atoms with E-state index in [0.29, 0.717) is 18.2 Å². The van der Waals surface area contributed by atoms with Gasteiger partial charge in [-0.25, -0.2) is 9.18 Å². The van der Waals surface area contributed by atoms with Crippen LogP contribution < -0.4 is 10.8 Å². The second kappa shape index (κ2) is 7.51. The summed E-state index contributed by atoms with van der Waals surface area (Å²) in [5, 5.41) is 9.20. The summed E-state index contributed by atoms with van der Waals surface area (Å²) < 4.78 is 56.2. The van der Waals surface area contributed by atoms with Gasteiger partial charge in [0, 0.05) is 6.08 Å². The molecule has 2 rings (SSSR count). The number of amidine groups is 1. The number of hydrogen-bond acceptors (Lipinski definition) is 6. The number of thioether (sulfide) groups is 1. The summed E-state index contributed by atoms with van der Waals surface area (Å²) >= 11 is 0.754. The Hall–Kier alpha value is -2.63. The van der Waals surface area contributed by atoms with Crippen LogP contribution in [0.15, 0.2) is 39.4 Å². The van der Waals surface area contributed by atoms with Crippen LogP contribution in [0.25, 0.3) is 0 Å². The van der Waals surface area contributed by atoms with Crippen molar-refractivity contribution < 1.29 is 31.7 Å². The fourth-order valence-electron chi connectivity index (χ4n) is 1.74. The average Bonchev–Trinajstić information content (AvgIpc) is 2.86. The Bertz CT molecular complexity index is 808. The molecule has 25 heavy (non-hydrogen) atoms. The average molecular weight is 374 g/mol. The summed E-state index contributed by atoms with van der Waals surface area (Å²) in [7, 11) is 1.13. The molecule has 1 saturated heterocycles. The van der Waals surface area contributed by atoms with E-state index in [1.54, 1.807) is 0 Å². The quantitative estimate of drug-likeness (QED) is 0.216. The lowest BCUT2D eigenvalue weighted by atomic mass is 9.77. The van der Waals surface area contributed by atoms with E-state index < -0.39 is 35.7 Å². The Morgan fingerprint density at radius 1 is 1.36 bits per heavy atom. The zero-order chi connectivity index (χ0) is 18.6. The highest BCUT2D eigenvalue weighted by Gasteiger charge is 2.28. The maximum Gasteiger partial charge on any atom is 0.510 e. The van der Waals surface area contributed by atoms with E-state index in [-0.39, 0.29) is 10.1 Å². The zero-order valence-corrected chi connectivity index (χ0v) is 13.3. The smallest absolute Gasteiger partial charge is 0.466 e. The first-order valence-electron chi connectivity index (χ1n) is 6.60. The first kappa shape index (κ1) is 18.7. The van der Waals surface area contributed by atoms with Crippen LogP contribution in [0, 0.1) is 5.82 Å². The van der Waals surface area contributed by atoms with Crippen LogP contribution in [0.4, 0.5) is 17.3 Å². The van der Waals surface area contributed by atoms with E-state index >= 15 is 0 Å². The molecule has 0 spiro atoms. The molecule has 1 fully saturated rings. The molecule has 0 aromatic heterocycles. The fraction of sp³-hybridized carbons (Fsp3) is 0.0769. The zero-order valence-electron chi connectivity index (χ0n) is 12.5. The molecule has 0 saturated carbocycles. The molecule has 1 heterocycles. The fourth-order valence-corrected chi connectivity index (χ4v) is 2.48. The molecule has 1 aromatic rings. The van der Waals surface area contributed by atoms with Crippen molar-refractivity contribution in [1.29, 1.82) is 0 Å². The van der Waals surface area contributed by atoms with Crippen molar-refractivity contribution in [2.24, 2.45) is 10.2 Å². The maximum absolute atomic E-state index is 13.2. The lowest BCUT2D eigenvalue weighted by molar-refractivity contribution is -0.135. The number of halogens is 4. The van der Waals surface area contributed by atoms with Crippen molar-refractivity contribution in [1.82, 2.24) is 5.32 Å². The van der Waals surface area contributed by atoms with E-state index in [2.05, 4.69) is 20.3 Å². The summed E-state index contributed by atoms with van der Waals surface area (Å²) in [6.07, 6.45) is 1.67. The Morgan fingerprint density at radius 2 is 2.08 bits per heavy atom. The van der Waals surface area contributed by atoms with Crippen molar-refractivity contribution in [3.63, 3.8) is 0 Å². The number of hydrogen-bond donors (Lipinski definition) is 1. The molecule has 6 nitrogen and oxygen atoms in total. The van der Waals surface area contributed by atoms with Crippen LogP contribution in [0.2, 0.25) is 0 Å². The SMILES string of the molecule is COC(=O)/C=C1/S/C(=N\N=Cc2cc(F)ccc2[B-](F)(F)F)NC1=O. The van der Waals surface area contributed by atoms with E-state index in [0.717, 1.165) is 31.2 Å². The largest absolute Gasteiger partial charge is 0.510 e. The van der Waals surface area contributed by atoms with Crippen molar-refractivity contribution in [3.8, 4) is 0 Å². The van der Waals surface area contributed by atoms with Crippen molar-refractivity contribution in [2.45, 2.75) is 0 Å². The molecule has 0 bridgehead atoms. The lowest BCUT2D eigenvalue weighted by Gasteiger charge is -2.17. The standard InChI is InChI=1S/C13H9BF4N3O3S/c1-24-11(22)5-10-12(23)20-13(25-10)21-19-6-7-4-8(15)2-3-9(7)14(16,17)18/h2-6H,1H3,(H,20,21,23)/q-1/b10-5+,19-6?. The van der Waals surface area contributed by atoms with Crippen LogP contribution in [-0.2, 0) is 14.3 Å². The molecule has 1 aliphatic heterocycles. The minimum atomic E-state index is -5.35. The minimum Gasteiger partial charge on any atom is -0.466 e.